The number of H-pyrrole nitrogens is 1. The fraction of sp³-hybridized carbons (Fsp3) is 0.0909. The van der Waals surface area contributed by atoms with Crippen molar-refractivity contribution < 1.29 is 19.1 Å². The number of nitrogens with one attached hydrogen (secondary N) is 2. The maximum atomic E-state index is 13.7. The van der Waals surface area contributed by atoms with Gasteiger partial charge in [-0.2, -0.15) is 0 Å². The van der Waals surface area contributed by atoms with Gasteiger partial charge < -0.3 is 10.4 Å². The van der Waals surface area contributed by atoms with Crippen molar-refractivity contribution in [2.24, 2.45) is 0 Å². The lowest BCUT2D eigenvalue weighted by molar-refractivity contribution is 0.0696. The molecule has 0 aliphatic heterocycles. The minimum atomic E-state index is -1.00. The van der Waals surface area contributed by atoms with E-state index in [9.17, 15) is 19.1 Å². The topological polar surface area (TPSA) is 87.1 Å². The molecule has 1 heterocycles. The molecule has 0 unspecified atom stereocenters. The van der Waals surface area contributed by atoms with Crippen molar-refractivity contribution in [2.45, 2.75) is 19.5 Å². The Balaban J connectivity index is 1.35. The molecule has 1 amide bonds. The molecule has 198 valence electrons. The van der Waals surface area contributed by atoms with Crippen LogP contribution < -0.4 is 5.32 Å². The van der Waals surface area contributed by atoms with Crippen molar-refractivity contribution in [3.63, 3.8) is 0 Å². The van der Waals surface area contributed by atoms with Gasteiger partial charge in [-0.05, 0) is 82.4 Å². The van der Waals surface area contributed by atoms with Crippen LogP contribution in [0.2, 0.25) is 0 Å². The summed E-state index contributed by atoms with van der Waals surface area (Å²) in [6, 6.07) is 30.6. The number of aromatic amines is 1. The second-order valence-corrected chi connectivity index (χ2v) is 9.93. The van der Waals surface area contributed by atoms with Crippen LogP contribution in [0.3, 0.4) is 0 Å². The first-order chi connectivity index (χ1) is 19.4. The average molecular weight is 532 g/mol. The Labute approximate surface area is 229 Å². The van der Waals surface area contributed by atoms with Crippen LogP contribution in [-0.2, 0) is 6.54 Å². The van der Waals surface area contributed by atoms with Crippen molar-refractivity contribution in [1.29, 1.82) is 0 Å². The molecule has 40 heavy (non-hydrogen) atoms. The minimum absolute atomic E-state index is 0.186. The third-order valence-electron chi connectivity index (χ3n) is 7.22. The van der Waals surface area contributed by atoms with Crippen molar-refractivity contribution >= 4 is 33.7 Å². The molecule has 6 nitrogen and oxygen atoms in total. The number of carbonyl (C=O) groups is 2. The molecule has 5 aromatic carbocycles. The van der Waals surface area contributed by atoms with Crippen LogP contribution in [-0.4, -0.2) is 26.8 Å². The predicted molar refractivity (Wildman–Crippen MR) is 154 cm³/mol. The second kappa shape index (κ2) is 10.2. The molecule has 0 spiro atoms. The highest BCUT2D eigenvalue weighted by molar-refractivity contribution is 6.07. The van der Waals surface area contributed by atoms with Crippen LogP contribution in [0.15, 0.2) is 103 Å². The van der Waals surface area contributed by atoms with E-state index in [-0.39, 0.29) is 23.3 Å². The van der Waals surface area contributed by atoms with E-state index >= 15 is 0 Å². The number of carboxylic acid groups (broad SMARTS) is 1. The quantitative estimate of drug-likeness (QED) is 0.204. The first-order valence-electron chi connectivity index (χ1n) is 13.0. The van der Waals surface area contributed by atoms with E-state index in [1.54, 1.807) is 24.3 Å². The molecule has 0 radical (unpaired) electrons. The molecule has 3 N–H and O–H groups in total. The highest BCUT2D eigenvalue weighted by atomic mass is 19.1. The highest BCUT2D eigenvalue weighted by Gasteiger charge is 2.21. The number of hydrogen-bond acceptors (Lipinski definition) is 2. The van der Waals surface area contributed by atoms with Crippen LogP contribution in [0.1, 0.15) is 44.8 Å². The number of fused-ring (bicyclic) bond motifs is 2. The Bertz CT molecular complexity index is 1870. The SMILES string of the molecule is C[C@H](NC(=O)c1cc(-c2ccc(F)cc2)cc2[nH]n(Cc3ccc4ccccc4c3)c12)c1ccc(C(=O)O)cc1. The zero-order valence-electron chi connectivity index (χ0n) is 21.7. The zero-order valence-corrected chi connectivity index (χ0v) is 21.7. The Morgan fingerprint density at radius 1 is 0.875 bits per heavy atom. The maximum Gasteiger partial charge on any atom is 0.335 e. The molecule has 0 aliphatic carbocycles. The Morgan fingerprint density at radius 3 is 2.33 bits per heavy atom. The molecule has 0 fully saturated rings. The summed E-state index contributed by atoms with van der Waals surface area (Å²) in [7, 11) is 0. The number of carbonyl (C=O) groups excluding carboxylic acids is 1. The normalized spacial score (nSPS) is 12.1. The van der Waals surface area contributed by atoms with Gasteiger partial charge in [-0.25, -0.2) is 9.18 Å². The van der Waals surface area contributed by atoms with Crippen LogP contribution in [0.25, 0.3) is 32.9 Å². The Hall–Kier alpha value is -5.17. The molecule has 6 aromatic rings. The number of hydrogen-bond donors (Lipinski definition) is 3. The van der Waals surface area contributed by atoms with Gasteiger partial charge in [-0.1, -0.05) is 60.7 Å². The van der Waals surface area contributed by atoms with Gasteiger partial charge in [-0.15, -0.1) is 0 Å². The maximum absolute atomic E-state index is 13.7. The number of carboxylic acids is 1. The van der Waals surface area contributed by atoms with E-state index in [0.29, 0.717) is 12.1 Å². The largest absolute Gasteiger partial charge is 0.478 e. The summed E-state index contributed by atoms with van der Waals surface area (Å²) in [5, 5.41) is 17.9. The van der Waals surface area contributed by atoms with Gasteiger partial charge in [0.15, 0.2) is 0 Å². The van der Waals surface area contributed by atoms with Crippen molar-refractivity contribution in [1.82, 2.24) is 15.1 Å². The number of rotatable bonds is 7. The van der Waals surface area contributed by atoms with E-state index in [2.05, 4.69) is 40.7 Å². The molecular weight excluding hydrogens is 505 g/mol. The van der Waals surface area contributed by atoms with E-state index in [4.69, 9.17) is 0 Å². The summed E-state index contributed by atoms with van der Waals surface area (Å²) in [6.45, 7) is 2.41. The minimum Gasteiger partial charge on any atom is -0.478 e. The van der Waals surface area contributed by atoms with Crippen LogP contribution in [0.5, 0.6) is 0 Å². The number of aromatic nitrogens is 2. The van der Waals surface area contributed by atoms with E-state index in [0.717, 1.165) is 44.1 Å². The summed E-state index contributed by atoms with van der Waals surface area (Å²) in [4.78, 5) is 24.9. The van der Waals surface area contributed by atoms with Gasteiger partial charge in [0, 0.05) is 0 Å². The third kappa shape index (κ3) is 4.85. The summed E-state index contributed by atoms with van der Waals surface area (Å²) in [5.74, 6) is -1.59. The summed E-state index contributed by atoms with van der Waals surface area (Å²) in [5.41, 5.74) is 5.74. The number of halogens is 1. The van der Waals surface area contributed by atoms with Crippen LogP contribution in [0.4, 0.5) is 4.39 Å². The lowest BCUT2D eigenvalue weighted by Crippen LogP contribution is -2.28. The first kappa shape index (κ1) is 25.1. The van der Waals surface area contributed by atoms with Crippen molar-refractivity contribution in [2.75, 3.05) is 0 Å². The fourth-order valence-electron chi connectivity index (χ4n) is 5.05. The van der Waals surface area contributed by atoms with Gasteiger partial charge in [0.05, 0.1) is 34.7 Å². The molecule has 6 rings (SSSR count). The molecule has 0 bridgehead atoms. The molecule has 7 heteroatoms. The monoisotopic (exact) mass is 531 g/mol. The van der Waals surface area contributed by atoms with Crippen LogP contribution in [0, 0.1) is 5.82 Å². The molecule has 0 saturated carbocycles. The predicted octanol–water partition coefficient (Wildman–Crippen LogP) is 7.17. The van der Waals surface area contributed by atoms with Crippen molar-refractivity contribution in [3.8, 4) is 11.1 Å². The molecular formula is C33H26FN3O3. The molecule has 1 atom stereocenters. The molecule has 0 aliphatic rings. The molecule has 0 saturated heterocycles. The first-order valence-corrected chi connectivity index (χ1v) is 13.0. The van der Waals surface area contributed by atoms with Gasteiger partial charge in [0.25, 0.3) is 5.91 Å². The standard InChI is InChI=1S/C33H26FN3O3/c1-20(22-8-10-25(11-9-22)33(39)40)35-32(38)29-17-27(24-12-14-28(34)15-13-24)18-30-31(29)37(36-30)19-21-6-7-23-4-2-3-5-26(23)16-21/h2-18,20,36H,19H2,1H3,(H,35,38)(H,39,40)/t20-/m0/s1. The lowest BCUT2D eigenvalue weighted by Gasteiger charge is -2.22. The van der Waals surface area contributed by atoms with E-state index in [1.165, 1.54) is 24.3 Å². The zero-order chi connectivity index (χ0) is 27.8. The number of benzene rings is 5. The number of nitrogens with zero attached hydrogens (tertiary/aromatic N) is 1. The Kier molecular flexibility index (Phi) is 6.40. The van der Waals surface area contributed by atoms with Gasteiger partial charge in [-0.3, -0.25) is 14.6 Å². The van der Waals surface area contributed by atoms with Gasteiger partial charge in [0.1, 0.15) is 5.82 Å². The Morgan fingerprint density at radius 2 is 1.60 bits per heavy atom. The summed E-state index contributed by atoms with van der Waals surface area (Å²) in [6.07, 6.45) is 0. The second-order valence-electron chi connectivity index (χ2n) is 9.93. The van der Waals surface area contributed by atoms with Gasteiger partial charge in [0.2, 0.25) is 0 Å². The average Bonchev–Trinajstić information content (AvgIpc) is 2.95. The van der Waals surface area contributed by atoms with Crippen molar-refractivity contribution in [3.05, 3.63) is 131 Å². The number of aromatic carboxylic acids is 1. The summed E-state index contributed by atoms with van der Waals surface area (Å²) >= 11 is 0. The van der Waals surface area contributed by atoms with Gasteiger partial charge >= 0.3 is 5.97 Å². The van der Waals surface area contributed by atoms with Crippen LogP contribution >= 0.6 is 0 Å². The third-order valence-corrected chi connectivity index (χ3v) is 7.22. The number of amides is 1. The van der Waals surface area contributed by atoms with E-state index < -0.39 is 5.97 Å². The fourth-order valence-corrected chi connectivity index (χ4v) is 5.05. The summed E-state index contributed by atoms with van der Waals surface area (Å²) < 4.78 is 15.5. The smallest absolute Gasteiger partial charge is 0.335 e. The highest BCUT2D eigenvalue weighted by Crippen LogP contribution is 2.30. The van der Waals surface area contributed by atoms with E-state index in [1.807, 2.05) is 35.9 Å². The molecule has 1 aromatic heterocycles. The lowest BCUT2D eigenvalue weighted by atomic mass is 9.99.